The molecule has 0 heterocycles. The first kappa shape index (κ1) is 16.2. The van der Waals surface area contributed by atoms with Gasteiger partial charge in [-0.15, -0.1) is 0 Å². The van der Waals surface area contributed by atoms with Gasteiger partial charge in [-0.25, -0.2) is 0 Å². The Hall–Kier alpha value is -0.280. The van der Waals surface area contributed by atoms with Crippen molar-refractivity contribution < 1.29 is 35.7 Å². The molecule has 0 bridgehead atoms. The van der Waals surface area contributed by atoms with E-state index in [4.69, 9.17) is 35.7 Å². The van der Waals surface area contributed by atoms with Crippen molar-refractivity contribution >= 4 is 0 Å². The molecule has 0 saturated carbocycles. The molecule has 0 fully saturated rings. The number of aliphatic hydroxyl groups excluding tert-OH is 7. The SMILES string of the molecule is OCCO.OC[C@@H](O)C(O)[C@@H](O)CO. The second-order valence-electron chi connectivity index (χ2n) is 2.44. The molecule has 0 aliphatic heterocycles. The number of hydrogen-bond donors (Lipinski definition) is 7. The van der Waals surface area contributed by atoms with Gasteiger partial charge >= 0.3 is 0 Å². The molecule has 7 N–H and O–H groups in total. The molecule has 0 radical (unpaired) electrons. The first-order valence-electron chi connectivity index (χ1n) is 4.02. The summed E-state index contributed by atoms with van der Waals surface area (Å²) in [5.41, 5.74) is 0. The van der Waals surface area contributed by atoms with Crippen LogP contribution < -0.4 is 0 Å². The Morgan fingerprint density at radius 3 is 1.07 bits per heavy atom. The Morgan fingerprint density at radius 1 is 0.643 bits per heavy atom. The molecular formula is C7H18O7. The summed E-state index contributed by atoms with van der Waals surface area (Å²) in [6, 6.07) is 0. The maximum Gasteiger partial charge on any atom is 0.110 e. The van der Waals surface area contributed by atoms with E-state index in [0.717, 1.165) is 0 Å². The largest absolute Gasteiger partial charge is 0.394 e. The minimum absolute atomic E-state index is 0.125. The maximum atomic E-state index is 8.77. The molecule has 0 rings (SSSR count). The third kappa shape index (κ3) is 8.32. The van der Waals surface area contributed by atoms with Crippen molar-refractivity contribution in [3.05, 3.63) is 0 Å². The molecule has 88 valence electrons. The van der Waals surface area contributed by atoms with Gasteiger partial charge in [-0.2, -0.15) is 0 Å². The minimum atomic E-state index is -1.49. The molecule has 0 aromatic rings. The van der Waals surface area contributed by atoms with Gasteiger partial charge in [0.2, 0.25) is 0 Å². The zero-order valence-corrected chi connectivity index (χ0v) is 7.69. The highest BCUT2D eigenvalue weighted by Gasteiger charge is 2.22. The van der Waals surface area contributed by atoms with Gasteiger partial charge in [0.1, 0.15) is 18.3 Å². The third-order valence-electron chi connectivity index (χ3n) is 1.26. The molecule has 0 aromatic carbocycles. The van der Waals surface area contributed by atoms with Gasteiger partial charge in [0.25, 0.3) is 0 Å². The second kappa shape index (κ2) is 10.8. The van der Waals surface area contributed by atoms with E-state index in [1.807, 2.05) is 0 Å². The Labute approximate surface area is 81.5 Å². The standard InChI is InChI=1S/C5H12O5.C2H6O2/c6-1-3(8)5(10)4(9)2-7;3-1-2-4/h3-10H,1-2H2;3-4H,1-2H2/t3-,4+,5?;. The van der Waals surface area contributed by atoms with Crippen LogP contribution in [0.25, 0.3) is 0 Å². The van der Waals surface area contributed by atoms with Gasteiger partial charge in [0.05, 0.1) is 26.4 Å². The van der Waals surface area contributed by atoms with E-state index in [9.17, 15) is 0 Å². The molecule has 0 aliphatic rings. The zero-order chi connectivity index (χ0) is 11.6. The van der Waals surface area contributed by atoms with Crippen LogP contribution in [-0.2, 0) is 0 Å². The molecule has 14 heavy (non-hydrogen) atoms. The quantitative estimate of drug-likeness (QED) is 0.247. The van der Waals surface area contributed by atoms with Gasteiger partial charge < -0.3 is 35.7 Å². The van der Waals surface area contributed by atoms with E-state index in [1.165, 1.54) is 0 Å². The van der Waals surface area contributed by atoms with E-state index >= 15 is 0 Å². The highest BCUT2D eigenvalue weighted by atomic mass is 16.4. The van der Waals surface area contributed by atoms with Crippen LogP contribution in [0.3, 0.4) is 0 Å². The Morgan fingerprint density at radius 2 is 0.929 bits per heavy atom. The van der Waals surface area contributed by atoms with E-state index in [0.29, 0.717) is 0 Å². The minimum Gasteiger partial charge on any atom is -0.394 e. The molecule has 3 atom stereocenters. The smallest absolute Gasteiger partial charge is 0.110 e. The molecule has 0 aliphatic carbocycles. The summed E-state index contributed by atoms with van der Waals surface area (Å²) in [6.07, 6.45) is -4.29. The maximum absolute atomic E-state index is 8.77. The van der Waals surface area contributed by atoms with Crippen LogP contribution in [0.1, 0.15) is 0 Å². The summed E-state index contributed by atoms with van der Waals surface area (Å²) in [4.78, 5) is 0. The topological polar surface area (TPSA) is 142 Å². The van der Waals surface area contributed by atoms with Crippen LogP contribution in [0.5, 0.6) is 0 Å². The molecule has 7 heteroatoms. The Balaban J connectivity index is 0. The van der Waals surface area contributed by atoms with E-state index < -0.39 is 31.5 Å². The summed E-state index contributed by atoms with van der Waals surface area (Å²) in [5.74, 6) is 0. The van der Waals surface area contributed by atoms with Crippen LogP contribution in [0.4, 0.5) is 0 Å². The van der Waals surface area contributed by atoms with Gasteiger partial charge in [0, 0.05) is 0 Å². The first-order valence-corrected chi connectivity index (χ1v) is 4.02. The van der Waals surface area contributed by atoms with Crippen molar-refractivity contribution in [2.24, 2.45) is 0 Å². The zero-order valence-electron chi connectivity index (χ0n) is 7.69. The summed E-state index contributed by atoms with van der Waals surface area (Å²) in [5, 5.41) is 57.8. The lowest BCUT2D eigenvalue weighted by atomic mass is 10.1. The predicted octanol–water partition coefficient (Wildman–Crippen LogP) is -3.98. The van der Waals surface area contributed by atoms with E-state index in [1.54, 1.807) is 0 Å². The molecular weight excluding hydrogens is 196 g/mol. The Kier molecular flexibility index (Phi) is 12.5. The van der Waals surface area contributed by atoms with Crippen molar-refractivity contribution in [1.29, 1.82) is 0 Å². The molecule has 1 unspecified atom stereocenters. The summed E-state index contributed by atoms with van der Waals surface area (Å²) in [6.45, 7) is -1.53. The third-order valence-corrected chi connectivity index (χ3v) is 1.26. The molecule has 0 spiro atoms. The number of hydrogen-bond acceptors (Lipinski definition) is 7. The van der Waals surface area contributed by atoms with Crippen LogP contribution in [0, 0.1) is 0 Å². The van der Waals surface area contributed by atoms with Crippen LogP contribution in [-0.4, -0.2) is 80.5 Å². The van der Waals surface area contributed by atoms with Crippen LogP contribution >= 0.6 is 0 Å². The normalized spacial score (nSPS) is 16.5. The van der Waals surface area contributed by atoms with Gasteiger partial charge in [0.15, 0.2) is 0 Å². The highest BCUT2D eigenvalue weighted by Crippen LogP contribution is 1.97. The first-order chi connectivity index (χ1) is 6.54. The fourth-order valence-corrected chi connectivity index (χ4v) is 0.472. The summed E-state index contributed by atoms with van der Waals surface area (Å²) < 4.78 is 0. The lowest BCUT2D eigenvalue weighted by Crippen LogP contribution is -2.41. The number of rotatable bonds is 5. The average molecular weight is 214 g/mol. The predicted molar refractivity (Wildman–Crippen MR) is 46.4 cm³/mol. The molecule has 7 nitrogen and oxygen atoms in total. The fraction of sp³-hybridized carbons (Fsp3) is 1.00. The second-order valence-corrected chi connectivity index (χ2v) is 2.44. The van der Waals surface area contributed by atoms with E-state index in [-0.39, 0.29) is 13.2 Å². The van der Waals surface area contributed by atoms with Gasteiger partial charge in [-0.1, -0.05) is 0 Å². The monoisotopic (exact) mass is 214 g/mol. The molecule has 0 saturated heterocycles. The van der Waals surface area contributed by atoms with Crippen molar-refractivity contribution in [3.8, 4) is 0 Å². The Bertz CT molecular complexity index is 98.2. The lowest BCUT2D eigenvalue weighted by Gasteiger charge is -2.19. The van der Waals surface area contributed by atoms with Crippen molar-refractivity contribution in [2.45, 2.75) is 18.3 Å². The van der Waals surface area contributed by atoms with Crippen molar-refractivity contribution in [3.63, 3.8) is 0 Å². The fourth-order valence-electron chi connectivity index (χ4n) is 0.472. The van der Waals surface area contributed by atoms with Crippen molar-refractivity contribution in [1.82, 2.24) is 0 Å². The summed E-state index contributed by atoms with van der Waals surface area (Å²) >= 11 is 0. The van der Waals surface area contributed by atoms with Crippen molar-refractivity contribution in [2.75, 3.05) is 26.4 Å². The molecule has 0 amide bonds. The number of aliphatic hydroxyl groups is 7. The highest BCUT2D eigenvalue weighted by molar-refractivity contribution is 4.73. The summed E-state index contributed by atoms with van der Waals surface area (Å²) in [7, 11) is 0. The van der Waals surface area contributed by atoms with Crippen LogP contribution in [0.2, 0.25) is 0 Å². The lowest BCUT2D eigenvalue weighted by molar-refractivity contribution is -0.0900. The van der Waals surface area contributed by atoms with Gasteiger partial charge in [-0.05, 0) is 0 Å². The van der Waals surface area contributed by atoms with E-state index in [2.05, 4.69) is 0 Å². The average Bonchev–Trinajstić information content (AvgIpc) is 2.26. The van der Waals surface area contributed by atoms with Gasteiger partial charge in [-0.3, -0.25) is 0 Å². The van der Waals surface area contributed by atoms with Crippen LogP contribution in [0.15, 0.2) is 0 Å². The molecule has 0 aromatic heterocycles.